The Labute approximate surface area is 170 Å². The second-order valence-electron chi connectivity index (χ2n) is 6.92. The van der Waals surface area contributed by atoms with Gasteiger partial charge < -0.3 is 10.1 Å². The molecule has 0 unspecified atom stereocenters. The molecular weight excluding hydrogens is 376 g/mol. The molecule has 5 nitrogen and oxygen atoms in total. The number of carbonyl (C=O) groups is 2. The Morgan fingerprint density at radius 1 is 1.18 bits per heavy atom. The van der Waals surface area contributed by atoms with Crippen LogP contribution < -0.4 is 5.32 Å². The molecule has 1 amide bonds. The highest BCUT2D eigenvalue weighted by Gasteiger charge is 2.27. The summed E-state index contributed by atoms with van der Waals surface area (Å²) in [4.78, 5) is 27.2. The van der Waals surface area contributed by atoms with Gasteiger partial charge in [-0.3, -0.25) is 9.69 Å². The largest absolute Gasteiger partial charge is 0.462 e. The Hall–Kier alpha value is -2.37. The van der Waals surface area contributed by atoms with Gasteiger partial charge in [0.15, 0.2) is 0 Å². The Bertz CT molecular complexity index is 840. The topological polar surface area (TPSA) is 58.6 Å². The third-order valence-electron chi connectivity index (χ3n) is 4.91. The Kier molecular flexibility index (Phi) is 7.06. The number of piperidine rings is 1. The molecular formula is C22H25ClN2O3. The number of nitrogens with zero attached hydrogens (tertiary/aromatic N) is 1. The molecule has 2 aromatic carbocycles. The van der Waals surface area contributed by atoms with Gasteiger partial charge in [-0.2, -0.15) is 0 Å². The third-order valence-corrected chi connectivity index (χ3v) is 5.28. The number of anilines is 1. The molecule has 0 bridgehead atoms. The maximum atomic E-state index is 12.8. The number of nitrogens with one attached hydrogen (secondary N) is 1. The average molecular weight is 401 g/mol. The zero-order chi connectivity index (χ0) is 19.9. The van der Waals surface area contributed by atoms with E-state index in [1.807, 2.05) is 24.3 Å². The van der Waals surface area contributed by atoms with Crippen molar-refractivity contribution in [3.8, 4) is 0 Å². The first kappa shape index (κ1) is 20.4. The molecule has 1 saturated heterocycles. The first-order chi connectivity index (χ1) is 13.6. The molecule has 28 heavy (non-hydrogen) atoms. The van der Waals surface area contributed by atoms with Gasteiger partial charge in [0.2, 0.25) is 5.91 Å². The second-order valence-corrected chi connectivity index (χ2v) is 7.33. The molecule has 1 N–H and O–H groups in total. The molecule has 0 aliphatic carbocycles. The van der Waals surface area contributed by atoms with Crippen molar-refractivity contribution in [1.82, 2.24) is 4.90 Å². The minimum atomic E-state index is -0.428. The molecule has 0 radical (unpaired) electrons. The standard InChI is InChI=1S/C22H25ClN2O3/c1-2-28-22(27)18-10-4-6-12-20(18)24-21(26)17-9-7-13-25(15-17)14-16-8-3-5-11-19(16)23/h3-6,8,10-12,17H,2,7,9,13-15H2,1H3,(H,24,26)/t17-/m0/s1. The van der Waals surface area contributed by atoms with Crippen LogP contribution in [0.4, 0.5) is 5.69 Å². The van der Waals surface area contributed by atoms with Crippen LogP contribution in [0.3, 0.4) is 0 Å². The van der Waals surface area contributed by atoms with Gasteiger partial charge in [-0.1, -0.05) is 41.9 Å². The lowest BCUT2D eigenvalue weighted by Gasteiger charge is -2.32. The summed E-state index contributed by atoms with van der Waals surface area (Å²) in [6.45, 7) is 4.38. The van der Waals surface area contributed by atoms with Gasteiger partial charge in [0.05, 0.1) is 23.8 Å². The molecule has 0 spiro atoms. The highest BCUT2D eigenvalue weighted by Crippen LogP contribution is 2.24. The fourth-order valence-corrected chi connectivity index (χ4v) is 3.69. The van der Waals surface area contributed by atoms with Crippen LogP contribution in [0, 0.1) is 5.92 Å². The Balaban J connectivity index is 1.65. The van der Waals surface area contributed by atoms with Crippen LogP contribution in [-0.2, 0) is 16.1 Å². The summed E-state index contributed by atoms with van der Waals surface area (Å²) >= 11 is 6.27. The lowest BCUT2D eigenvalue weighted by molar-refractivity contribution is -0.121. The van der Waals surface area contributed by atoms with Crippen LogP contribution in [0.2, 0.25) is 5.02 Å². The predicted molar refractivity (Wildman–Crippen MR) is 110 cm³/mol. The average Bonchev–Trinajstić information content (AvgIpc) is 2.70. The van der Waals surface area contributed by atoms with Gasteiger partial charge in [0.1, 0.15) is 0 Å². The Morgan fingerprint density at radius 3 is 2.71 bits per heavy atom. The fourth-order valence-electron chi connectivity index (χ4n) is 3.49. The van der Waals surface area contributed by atoms with Gasteiger partial charge in [-0.15, -0.1) is 0 Å². The summed E-state index contributed by atoms with van der Waals surface area (Å²) in [5.74, 6) is -0.630. The molecule has 2 aromatic rings. The first-order valence-corrected chi connectivity index (χ1v) is 9.99. The summed E-state index contributed by atoms with van der Waals surface area (Å²) in [7, 11) is 0. The number of rotatable bonds is 6. The van der Waals surface area contributed by atoms with Crippen LogP contribution in [0.15, 0.2) is 48.5 Å². The van der Waals surface area contributed by atoms with E-state index in [-0.39, 0.29) is 11.8 Å². The molecule has 6 heteroatoms. The fraction of sp³-hybridized carbons (Fsp3) is 0.364. The zero-order valence-corrected chi connectivity index (χ0v) is 16.7. The molecule has 1 fully saturated rings. The lowest BCUT2D eigenvalue weighted by atomic mass is 9.96. The van der Waals surface area contributed by atoms with Gasteiger partial charge in [-0.25, -0.2) is 4.79 Å². The minimum absolute atomic E-state index is 0.0689. The highest BCUT2D eigenvalue weighted by atomic mass is 35.5. The molecule has 1 aliphatic heterocycles. The summed E-state index contributed by atoms with van der Waals surface area (Å²) in [6, 6.07) is 14.7. The number of benzene rings is 2. The molecule has 1 atom stereocenters. The summed E-state index contributed by atoms with van der Waals surface area (Å²) in [5.41, 5.74) is 1.94. The van der Waals surface area contributed by atoms with Crippen molar-refractivity contribution in [3.05, 3.63) is 64.7 Å². The van der Waals surface area contributed by atoms with E-state index < -0.39 is 5.97 Å². The van der Waals surface area contributed by atoms with Crippen molar-refractivity contribution >= 4 is 29.2 Å². The van der Waals surface area contributed by atoms with E-state index in [4.69, 9.17) is 16.3 Å². The lowest BCUT2D eigenvalue weighted by Crippen LogP contribution is -2.40. The van der Waals surface area contributed by atoms with Crippen LogP contribution >= 0.6 is 11.6 Å². The number of likely N-dealkylation sites (tertiary alicyclic amines) is 1. The smallest absolute Gasteiger partial charge is 0.340 e. The number of para-hydroxylation sites is 1. The first-order valence-electron chi connectivity index (χ1n) is 9.61. The number of hydrogen-bond acceptors (Lipinski definition) is 4. The maximum Gasteiger partial charge on any atom is 0.340 e. The van der Waals surface area contributed by atoms with Crippen molar-refractivity contribution in [3.63, 3.8) is 0 Å². The predicted octanol–water partition coefficient (Wildman–Crippen LogP) is 4.37. The Morgan fingerprint density at radius 2 is 1.93 bits per heavy atom. The maximum absolute atomic E-state index is 12.8. The van der Waals surface area contributed by atoms with Gasteiger partial charge in [-0.05, 0) is 50.1 Å². The zero-order valence-electron chi connectivity index (χ0n) is 16.0. The van der Waals surface area contributed by atoms with E-state index in [0.717, 1.165) is 36.5 Å². The van der Waals surface area contributed by atoms with Gasteiger partial charge in [0, 0.05) is 18.1 Å². The summed E-state index contributed by atoms with van der Waals surface area (Å²) in [6.07, 6.45) is 1.77. The second kappa shape index (κ2) is 9.71. The minimum Gasteiger partial charge on any atom is -0.462 e. The molecule has 0 saturated carbocycles. The van der Waals surface area contributed by atoms with Crippen LogP contribution in [0.25, 0.3) is 0 Å². The van der Waals surface area contributed by atoms with Gasteiger partial charge >= 0.3 is 5.97 Å². The van der Waals surface area contributed by atoms with Crippen molar-refractivity contribution in [1.29, 1.82) is 0 Å². The van der Waals surface area contributed by atoms with E-state index in [9.17, 15) is 9.59 Å². The number of halogens is 1. The van der Waals surface area contributed by atoms with Crippen LogP contribution in [-0.4, -0.2) is 36.5 Å². The normalized spacial score (nSPS) is 17.1. The number of amides is 1. The quantitative estimate of drug-likeness (QED) is 0.731. The highest BCUT2D eigenvalue weighted by molar-refractivity contribution is 6.31. The van der Waals surface area contributed by atoms with E-state index in [0.29, 0.717) is 24.4 Å². The van der Waals surface area contributed by atoms with Gasteiger partial charge in [0.25, 0.3) is 0 Å². The molecule has 3 rings (SSSR count). The molecule has 0 aromatic heterocycles. The van der Waals surface area contributed by atoms with Crippen molar-refractivity contribution in [2.45, 2.75) is 26.3 Å². The number of hydrogen-bond donors (Lipinski definition) is 1. The molecule has 1 heterocycles. The van der Waals surface area contributed by atoms with Crippen molar-refractivity contribution in [2.24, 2.45) is 5.92 Å². The third kappa shape index (κ3) is 5.12. The van der Waals surface area contributed by atoms with E-state index >= 15 is 0 Å². The molecule has 1 aliphatic rings. The SMILES string of the molecule is CCOC(=O)c1ccccc1NC(=O)[C@H]1CCCN(Cc2ccccc2Cl)C1. The number of ether oxygens (including phenoxy) is 1. The summed E-state index contributed by atoms with van der Waals surface area (Å²) in [5, 5.41) is 3.67. The van der Waals surface area contributed by atoms with E-state index in [1.165, 1.54) is 0 Å². The van der Waals surface area contributed by atoms with E-state index in [1.54, 1.807) is 31.2 Å². The van der Waals surface area contributed by atoms with Crippen molar-refractivity contribution in [2.75, 3.05) is 25.0 Å². The number of esters is 1. The van der Waals surface area contributed by atoms with Crippen LogP contribution in [0.1, 0.15) is 35.7 Å². The number of carbonyl (C=O) groups excluding carboxylic acids is 2. The van der Waals surface area contributed by atoms with Crippen molar-refractivity contribution < 1.29 is 14.3 Å². The van der Waals surface area contributed by atoms with E-state index in [2.05, 4.69) is 10.2 Å². The van der Waals surface area contributed by atoms with Crippen LogP contribution in [0.5, 0.6) is 0 Å². The molecule has 148 valence electrons. The monoisotopic (exact) mass is 400 g/mol. The summed E-state index contributed by atoms with van der Waals surface area (Å²) < 4.78 is 5.08.